The van der Waals surface area contributed by atoms with Crippen molar-refractivity contribution < 1.29 is 9.13 Å². The van der Waals surface area contributed by atoms with Gasteiger partial charge in [-0.15, -0.1) is 0 Å². The van der Waals surface area contributed by atoms with Gasteiger partial charge in [-0.05, 0) is 30.9 Å². The maximum absolute atomic E-state index is 13.3. The van der Waals surface area contributed by atoms with Gasteiger partial charge in [-0.3, -0.25) is 0 Å². The number of ether oxygens (including phenoxy) is 1. The van der Waals surface area contributed by atoms with Gasteiger partial charge in [0.1, 0.15) is 23.2 Å². The summed E-state index contributed by atoms with van der Waals surface area (Å²) in [5, 5.41) is 8.87. The maximum atomic E-state index is 13.3. The van der Waals surface area contributed by atoms with Gasteiger partial charge < -0.3 is 4.74 Å². The molecule has 0 heterocycles. The number of halogens is 1. The summed E-state index contributed by atoms with van der Waals surface area (Å²) in [5.74, 6) is 0.422. The van der Waals surface area contributed by atoms with Crippen LogP contribution in [-0.4, -0.2) is 6.61 Å². The zero-order valence-corrected chi connectivity index (χ0v) is 9.79. The molecule has 1 aliphatic carbocycles. The molecule has 0 radical (unpaired) electrons. The van der Waals surface area contributed by atoms with Crippen molar-refractivity contribution in [3.8, 4) is 11.8 Å². The number of rotatable bonds is 3. The van der Waals surface area contributed by atoms with E-state index in [1.165, 1.54) is 38.2 Å². The van der Waals surface area contributed by atoms with Gasteiger partial charge in [-0.1, -0.05) is 25.3 Å². The molecule has 0 spiro atoms. The van der Waals surface area contributed by atoms with Crippen molar-refractivity contribution in [2.24, 2.45) is 5.92 Å². The van der Waals surface area contributed by atoms with E-state index >= 15 is 0 Å². The molecule has 0 bridgehead atoms. The molecule has 1 aromatic rings. The van der Waals surface area contributed by atoms with Crippen LogP contribution in [0.1, 0.15) is 37.7 Å². The predicted molar refractivity (Wildman–Crippen MR) is 63.2 cm³/mol. The third-order valence-electron chi connectivity index (χ3n) is 3.29. The number of nitrogens with zero attached hydrogens (tertiary/aromatic N) is 1. The second kappa shape index (κ2) is 5.67. The minimum Gasteiger partial charge on any atom is -0.492 e. The molecular formula is C14H16FNO. The summed E-state index contributed by atoms with van der Waals surface area (Å²) in [4.78, 5) is 0. The van der Waals surface area contributed by atoms with Crippen molar-refractivity contribution in [1.82, 2.24) is 0 Å². The van der Waals surface area contributed by atoms with Crippen molar-refractivity contribution in [3.63, 3.8) is 0 Å². The highest BCUT2D eigenvalue weighted by molar-refractivity contribution is 5.43. The van der Waals surface area contributed by atoms with Crippen LogP contribution in [-0.2, 0) is 0 Å². The fourth-order valence-corrected chi connectivity index (χ4v) is 2.29. The van der Waals surface area contributed by atoms with Gasteiger partial charge in [0, 0.05) is 0 Å². The monoisotopic (exact) mass is 233 g/mol. The molecule has 0 saturated heterocycles. The highest BCUT2D eigenvalue weighted by atomic mass is 19.1. The Kier molecular flexibility index (Phi) is 3.98. The minimum absolute atomic E-state index is 0.0170. The largest absolute Gasteiger partial charge is 0.492 e. The summed E-state index contributed by atoms with van der Waals surface area (Å²) in [6.07, 6.45) is 6.17. The lowest BCUT2D eigenvalue weighted by atomic mass is 9.90. The maximum Gasteiger partial charge on any atom is 0.144 e. The lowest BCUT2D eigenvalue weighted by molar-refractivity contribution is 0.208. The fourth-order valence-electron chi connectivity index (χ4n) is 2.29. The SMILES string of the molecule is N#Cc1c(F)cccc1OCC1CCCCC1. The van der Waals surface area contributed by atoms with Gasteiger partial charge in [0.05, 0.1) is 6.61 Å². The summed E-state index contributed by atoms with van der Waals surface area (Å²) in [6, 6.07) is 6.37. The van der Waals surface area contributed by atoms with Crippen molar-refractivity contribution >= 4 is 0 Å². The standard InChI is InChI=1S/C14H16FNO/c15-13-7-4-8-14(12(13)9-16)17-10-11-5-2-1-3-6-11/h4,7-8,11H,1-3,5-6,10H2. The molecule has 2 rings (SSSR count). The smallest absolute Gasteiger partial charge is 0.144 e. The Morgan fingerprint density at radius 2 is 2.06 bits per heavy atom. The molecule has 1 saturated carbocycles. The van der Waals surface area contributed by atoms with Crippen LogP contribution in [0, 0.1) is 23.1 Å². The topological polar surface area (TPSA) is 33.0 Å². The van der Waals surface area contributed by atoms with Crippen LogP contribution in [0.15, 0.2) is 18.2 Å². The molecule has 0 aliphatic heterocycles. The summed E-state index contributed by atoms with van der Waals surface area (Å²) < 4.78 is 18.9. The third kappa shape index (κ3) is 2.97. The normalized spacial score (nSPS) is 16.5. The molecule has 90 valence electrons. The van der Waals surface area contributed by atoms with Crippen molar-refractivity contribution in [2.45, 2.75) is 32.1 Å². The lowest BCUT2D eigenvalue weighted by Crippen LogP contribution is -2.15. The van der Waals surface area contributed by atoms with E-state index in [1.54, 1.807) is 12.1 Å². The van der Waals surface area contributed by atoms with E-state index in [0.29, 0.717) is 18.3 Å². The van der Waals surface area contributed by atoms with E-state index in [4.69, 9.17) is 10.00 Å². The van der Waals surface area contributed by atoms with Crippen LogP contribution >= 0.6 is 0 Å². The zero-order chi connectivity index (χ0) is 12.1. The molecule has 3 heteroatoms. The first-order valence-corrected chi connectivity index (χ1v) is 6.12. The first kappa shape index (κ1) is 11.9. The average Bonchev–Trinajstić information content (AvgIpc) is 2.37. The Morgan fingerprint density at radius 1 is 1.29 bits per heavy atom. The molecule has 1 aromatic carbocycles. The van der Waals surface area contributed by atoms with Crippen LogP contribution in [0.5, 0.6) is 5.75 Å². The quantitative estimate of drug-likeness (QED) is 0.798. The lowest BCUT2D eigenvalue weighted by Gasteiger charge is -2.21. The van der Waals surface area contributed by atoms with E-state index in [-0.39, 0.29) is 5.56 Å². The molecule has 0 atom stereocenters. The third-order valence-corrected chi connectivity index (χ3v) is 3.29. The average molecular weight is 233 g/mol. The van der Waals surface area contributed by atoms with Gasteiger partial charge in [0.25, 0.3) is 0 Å². The molecule has 0 unspecified atom stereocenters. The highest BCUT2D eigenvalue weighted by Crippen LogP contribution is 2.26. The van der Waals surface area contributed by atoms with Crippen molar-refractivity contribution in [1.29, 1.82) is 5.26 Å². The van der Waals surface area contributed by atoms with Crippen LogP contribution in [0.25, 0.3) is 0 Å². The summed E-state index contributed by atoms with van der Waals surface area (Å²) in [7, 11) is 0. The number of nitriles is 1. The second-order valence-electron chi connectivity index (χ2n) is 4.54. The summed E-state index contributed by atoms with van der Waals surface area (Å²) in [6.45, 7) is 0.595. The Morgan fingerprint density at radius 3 is 2.76 bits per heavy atom. The van der Waals surface area contributed by atoms with E-state index in [9.17, 15) is 4.39 Å². The fraction of sp³-hybridized carbons (Fsp3) is 0.500. The predicted octanol–water partition coefficient (Wildman–Crippen LogP) is 3.66. The zero-order valence-electron chi connectivity index (χ0n) is 9.79. The molecule has 0 aromatic heterocycles. The molecular weight excluding hydrogens is 217 g/mol. The van der Waals surface area contributed by atoms with Gasteiger partial charge in [0.15, 0.2) is 0 Å². The van der Waals surface area contributed by atoms with E-state index in [0.717, 1.165) is 0 Å². The highest BCUT2D eigenvalue weighted by Gasteiger charge is 2.15. The number of hydrogen-bond donors (Lipinski definition) is 0. The Labute approximate surface area is 101 Å². The first-order valence-electron chi connectivity index (χ1n) is 6.12. The van der Waals surface area contributed by atoms with Gasteiger partial charge in [-0.2, -0.15) is 5.26 Å². The van der Waals surface area contributed by atoms with E-state index in [2.05, 4.69) is 0 Å². The van der Waals surface area contributed by atoms with Gasteiger partial charge in [-0.25, -0.2) is 4.39 Å². The Hall–Kier alpha value is -1.56. The molecule has 1 aliphatic rings. The molecule has 1 fully saturated rings. The van der Waals surface area contributed by atoms with Crippen LogP contribution in [0.3, 0.4) is 0 Å². The second-order valence-corrected chi connectivity index (χ2v) is 4.54. The van der Waals surface area contributed by atoms with Crippen molar-refractivity contribution in [2.75, 3.05) is 6.61 Å². The molecule has 0 N–H and O–H groups in total. The van der Waals surface area contributed by atoms with Crippen LogP contribution in [0.2, 0.25) is 0 Å². The Bertz CT molecular complexity index is 419. The minimum atomic E-state index is -0.506. The number of benzene rings is 1. The van der Waals surface area contributed by atoms with Crippen LogP contribution in [0.4, 0.5) is 4.39 Å². The summed E-state index contributed by atoms with van der Waals surface area (Å²) >= 11 is 0. The van der Waals surface area contributed by atoms with E-state index < -0.39 is 5.82 Å². The van der Waals surface area contributed by atoms with Crippen LogP contribution < -0.4 is 4.74 Å². The first-order chi connectivity index (χ1) is 8.31. The van der Waals surface area contributed by atoms with E-state index in [1.807, 2.05) is 6.07 Å². The molecule has 17 heavy (non-hydrogen) atoms. The molecule has 0 amide bonds. The number of hydrogen-bond acceptors (Lipinski definition) is 2. The van der Waals surface area contributed by atoms with Gasteiger partial charge >= 0.3 is 0 Å². The summed E-state index contributed by atoms with van der Waals surface area (Å²) in [5.41, 5.74) is 0.0170. The Balaban J connectivity index is 1.99. The molecule has 2 nitrogen and oxygen atoms in total. The van der Waals surface area contributed by atoms with Gasteiger partial charge in [0.2, 0.25) is 0 Å². The van der Waals surface area contributed by atoms with Crippen molar-refractivity contribution in [3.05, 3.63) is 29.6 Å².